The van der Waals surface area contributed by atoms with E-state index in [0.717, 1.165) is 36.3 Å². The second kappa shape index (κ2) is 10.5. The van der Waals surface area contributed by atoms with E-state index in [4.69, 9.17) is 14.2 Å². The Balaban J connectivity index is 1.42. The molecular weight excluding hydrogens is 473 g/mol. The number of nitrogens with one attached hydrogen (secondary N) is 1. The Bertz CT molecular complexity index is 1050. The fraction of sp³-hybridized carbons (Fsp3) is 0.500. The highest BCUT2D eigenvalue weighted by Crippen LogP contribution is 2.31. The molecule has 0 saturated carbocycles. The second-order valence-corrected chi connectivity index (χ2v) is 8.09. The molecule has 1 fully saturated rings. The van der Waals surface area contributed by atoms with Crippen LogP contribution in [0.25, 0.3) is 0 Å². The molecule has 4 rings (SSSR count). The Morgan fingerprint density at radius 3 is 2.77 bits per heavy atom. The molecule has 1 saturated heterocycles. The minimum atomic E-state index is -4.85. The summed E-state index contributed by atoms with van der Waals surface area (Å²) in [6.45, 7) is 1.04. The standard InChI is InChI=1S/C22H25F3N4O6/c1-28-13-16(30)29(9-5-11-33-17-8-2-3-10-32-17)20(31)18-19(28)27-21(26-18)34-14-6-4-7-15(12-14)35-22(23,24)25/h4,6-7,12,17H,2-3,5,8-11,13H2,1H3,(H,26,27). The van der Waals surface area contributed by atoms with Crippen molar-refractivity contribution >= 4 is 17.6 Å². The van der Waals surface area contributed by atoms with Gasteiger partial charge in [-0.2, -0.15) is 4.98 Å². The number of carbonyl (C=O) groups excluding carboxylic acids is 2. The molecule has 2 aliphatic heterocycles. The molecular formula is C22H25F3N4O6. The van der Waals surface area contributed by atoms with Gasteiger partial charge in [-0.15, -0.1) is 13.2 Å². The number of imidazole rings is 1. The first-order chi connectivity index (χ1) is 16.7. The van der Waals surface area contributed by atoms with Crippen LogP contribution in [0.3, 0.4) is 0 Å². The number of amides is 2. The summed E-state index contributed by atoms with van der Waals surface area (Å²) in [6, 6.07) is 4.78. The Labute approximate surface area is 198 Å². The molecule has 190 valence electrons. The third-order valence-electron chi connectivity index (χ3n) is 5.38. The van der Waals surface area contributed by atoms with Crippen molar-refractivity contribution in [3.63, 3.8) is 0 Å². The molecule has 0 radical (unpaired) electrons. The Morgan fingerprint density at radius 1 is 1.23 bits per heavy atom. The van der Waals surface area contributed by atoms with Crippen LogP contribution in [0.15, 0.2) is 24.3 Å². The van der Waals surface area contributed by atoms with Gasteiger partial charge in [0, 0.05) is 26.3 Å². The van der Waals surface area contributed by atoms with Crippen LogP contribution in [0.1, 0.15) is 36.2 Å². The fourth-order valence-corrected chi connectivity index (χ4v) is 3.78. The SMILES string of the molecule is CN1CC(=O)N(CCCOC2CCCCO2)C(=O)c2[nH]c(Oc3cccc(OC(F)(F)F)c3)nc21. The smallest absolute Gasteiger partial charge is 0.425 e. The van der Waals surface area contributed by atoms with E-state index in [1.165, 1.54) is 17.0 Å². The predicted molar refractivity (Wildman–Crippen MR) is 115 cm³/mol. The van der Waals surface area contributed by atoms with Crippen LogP contribution in [0.5, 0.6) is 17.5 Å². The van der Waals surface area contributed by atoms with E-state index < -0.39 is 23.9 Å². The molecule has 0 bridgehead atoms. The van der Waals surface area contributed by atoms with Gasteiger partial charge in [0.15, 0.2) is 17.8 Å². The Hall–Kier alpha value is -3.32. The number of ether oxygens (including phenoxy) is 4. The van der Waals surface area contributed by atoms with Gasteiger partial charge < -0.3 is 28.8 Å². The Kier molecular flexibility index (Phi) is 7.45. The van der Waals surface area contributed by atoms with E-state index >= 15 is 0 Å². The lowest BCUT2D eigenvalue weighted by molar-refractivity contribution is -0.274. The lowest BCUT2D eigenvalue weighted by atomic mass is 10.2. The average Bonchev–Trinajstić information content (AvgIpc) is 3.19. The van der Waals surface area contributed by atoms with Crippen LogP contribution in [0, 0.1) is 0 Å². The van der Waals surface area contributed by atoms with Crippen molar-refractivity contribution in [1.29, 1.82) is 0 Å². The summed E-state index contributed by atoms with van der Waals surface area (Å²) >= 11 is 0. The summed E-state index contributed by atoms with van der Waals surface area (Å²) in [5, 5.41) is 0. The van der Waals surface area contributed by atoms with Crippen LogP contribution >= 0.6 is 0 Å². The minimum Gasteiger partial charge on any atom is -0.425 e. The molecule has 2 amide bonds. The van der Waals surface area contributed by atoms with Gasteiger partial charge in [-0.05, 0) is 37.8 Å². The van der Waals surface area contributed by atoms with Crippen molar-refractivity contribution < 1.29 is 41.7 Å². The van der Waals surface area contributed by atoms with E-state index in [2.05, 4.69) is 14.7 Å². The summed E-state index contributed by atoms with van der Waals surface area (Å²) in [6.07, 6.45) is -1.82. The maximum Gasteiger partial charge on any atom is 0.573 e. The molecule has 3 heterocycles. The lowest BCUT2D eigenvalue weighted by Crippen LogP contribution is -2.40. The molecule has 0 spiro atoms. The van der Waals surface area contributed by atoms with Gasteiger partial charge in [-0.3, -0.25) is 14.5 Å². The molecule has 10 nitrogen and oxygen atoms in total. The molecule has 2 aromatic rings. The summed E-state index contributed by atoms with van der Waals surface area (Å²) in [5.74, 6) is -1.23. The first kappa shape index (κ1) is 24.8. The first-order valence-electron chi connectivity index (χ1n) is 11.1. The average molecular weight is 498 g/mol. The van der Waals surface area contributed by atoms with E-state index in [1.54, 1.807) is 7.05 Å². The number of fused-ring (bicyclic) bond motifs is 1. The number of anilines is 1. The van der Waals surface area contributed by atoms with Crippen LogP contribution in [0.4, 0.5) is 19.0 Å². The quantitative estimate of drug-likeness (QED) is 0.436. The zero-order chi connectivity index (χ0) is 25.0. The third kappa shape index (κ3) is 6.42. The molecule has 1 aromatic carbocycles. The molecule has 0 aliphatic carbocycles. The topological polar surface area (TPSA) is 106 Å². The lowest BCUT2D eigenvalue weighted by Gasteiger charge is -2.23. The van der Waals surface area contributed by atoms with E-state index in [0.29, 0.717) is 19.6 Å². The number of imide groups is 1. The monoisotopic (exact) mass is 498 g/mol. The number of hydrogen-bond acceptors (Lipinski definition) is 8. The number of hydrogen-bond donors (Lipinski definition) is 1. The van der Waals surface area contributed by atoms with Gasteiger partial charge >= 0.3 is 12.4 Å². The van der Waals surface area contributed by atoms with Gasteiger partial charge in [-0.25, -0.2) is 0 Å². The highest BCUT2D eigenvalue weighted by molar-refractivity contribution is 6.09. The Morgan fingerprint density at radius 2 is 2.03 bits per heavy atom. The summed E-state index contributed by atoms with van der Waals surface area (Å²) in [7, 11) is 1.60. The van der Waals surface area contributed by atoms with Gasteiger partial charge in [-0.1, -0.05) is 6.07 Å². The number of likely N-dealkylation sites (N-methyl/N-ethyl adjacent to an activating group) is 1. The maximum absolute atomic E-state index is 13.1. The predicted octanol–water partition coefficient (Wildman–Crippen LogP) is 3.45. The van der Waals surface area contributed by atoms with Crippen LogP contribution < -0.4 is 14.4 Å². The molecule has 1 atom stereocenters. The van der Waals surface area contributed by atoms with Crippen molar-refractivity contribution in [3.05, 3.63) is 30.0 Å². The number of aromatic nitrogens is 2. The molecule has 2 aliphatic rings. The molecule has 13 heteroatoms. The minimum absolute atomic E-state index is 0.0146. The fourth-order valence-electron chi connectivity index (χ4n) is 3.78. The van der Waals surface area contributed by atoms with Gasteiger partial charge in [0.25, 0.3) is 5.91 Å². The second-order valence-electron chi connectivity index (χ2n) is 8.09. The van der Waals surface area contributed by atoms with Crippen molar-refractivity contribution in [2.45, 2.75) is 38.3 Å². The number of H-pyrrole nitrogens is 1. The number of aromatic amines is 1. The van der Waals surface area contributed by atoms with E-state index in [-0.39, 0.29) is 42.7 Å². The molecule has 1 N–H and O–H groups in total. The summed E-state index contributed by atoms with van der Waals surface area (Å²) in [4.78, 5) is 35.3. The third-order valence-corrected chi connectivity index (χ3v) is 5.38. The number of alkyl halides is 3. The van der Waals surface area contributed by atoms with Crippen molar-refractivity contribution in [2.24, 2.45) is 0 Å². The number of halogens is 3. The van der Waals surface area contributed by atoms with Crippen molar-refractivity contribution in [3.8, 4) is 17.5 Å². The zero-order valence-electron chi connectivity index (χ0n) is 19.0. The normalized spacial score (nSPS) is 18.9. The number of rotatable bonds is 8. The summed E-state index contributed by atoms with van der Waals surface area (Å²) in [5.41, 5.74) is 0.0348. The number of nitrogens with zero attached hydrogens (tertiary/aromatic N) is 3. The highest BCUT2D eigenvalue weighted by atomic mass is 19.4. The first-order valence-corrected chi connectivity index (χ1v) is 11.1. The highest BCUT2D eigenvalue weighted by Gasteiger charge is 2.34. The zero-order valence-corrected chi connectivity index (χ0v) is 19.0. The van der Waals surface area contributed by atoms with Crippen molar-refractivity contribution in [1.82, 2.24) is 14.9 Å². The number of carbonyl (C=O) groups is 2. The molecule has 1 unspecified atom stereocenters. The van der Waals surface area contributed by atoms with Crippen LogP contribution in [-0.4, -0.2) is 72.7 Å². The van der Waals surface area contributed by atoms with Gasteiger partial charge in [0.1, 0.15) is 11.5 Å². The van der Waals surface area contributed by atoms with E-state index in [1.807, 2.05) is 0 Å². The molecule has 35 heavy (non-hydrogen) atoms. The molecule has 1 aromatic heterocycles. The largest absolute Gasteiger partial charge is 0.573 e. The summed E-state index contributed by atoms with van der Waals surface area (Å²) < 4.78 is 58.0. The van der Waals surface area contributed by atoms with Crippen molar-refractivity contribution in [2.75, 3.05) is 38.3 Å². The van der Waals surface area contributed by atoms with E-state index in [9.17, 15) is 22.8 Å². The van der Waals surface area contributed by atoms with Crippen LogP contribution in [-0.2, 0) is 14.3 Å². The number of benzene rings is 1. The van der Waals surface area contributed by atoms with Gasteiger partial charge in [0.05, 0.1) is 13.2 Å². The maximum atomic E-state index is 13.1. The van der Waals surface area contributed by atoms with Gasteiger partial charge in [0.2, 0.25) is 5.91 Å². The van der Waals surface area contributed by atoms with Crippen LogP contribution in [0.2, 0.25) is 0 Å².